The van der Waals surface area contributed by atoms with Crippen LogP contribution in [0.25, 0.3) is 0 Å². The molecule has 2 rings (SSSR count). The van der Waals surface area contributed by atoms with Gasteiger partial charge in [-0.05, 0) is 48.5 Å². The molecule has 1 heterocycles. The van der Waals surface area contributed by atoms with Gasteiger partial charge in [0, 0.05) is 13.1 Å². The van der Waals surface area contributed by atoms with Crippen molar-refractivity contribution in [2.45, 2.75) is 47.5 Å². The van der Waals surface area contributed by atoms with Crippen molar-refractivity contribution in [2.24, 2.45) is 29.1 Å². The Morgan fingerprint density at radius 3 is 2.38 bits per heavy atom. The molecule has 1 heteroatoms. The summed E-state index contributed by atoms with van der Waals surface area (Å²) in [5, 5.41) is 0. The molecule has 1 saturated heterocycles. The Morgan fingerprint density at radius 1 is 1.19 bits per heavy atom. The van der Waals surface area contributed by atoms with Gasteiger partial charge in [-0.15, -0.1) is 0 Å². The third-order valence-corrected chi connectivity index (χ3v) is 5.09. The van der Waals surface area contributed by atoms with Crippen LogP contribution in [0.5, 0.6) is 0 Å². The number of fused-ring (bicyclic) bond motifs is 1. The first-order valence-electron chi connectivity index (χ1n) is 7.15. The van der Waals surface area contributed by atoms with Crippen molar-refractivity contribution in [3.05, 3.63) is 0 Å². The highest BCUT2D eigenvalue weighted by Crippen LogP contribution is 2.51. The van der Waals surface area contributed by atoms with Gasteiger partial charge in [0.15, 0.2) is 0 Å². The van der Waals surface area contributed by atoms with Gasteiger partial charge in [0.2, 0.25) is 0 Å². The van der Waals surface area contributed by atoms with Gasteiger partial charge in [-0.1, -0.05) is 34.6 Å². The van der Waals surface area contributed by atoms with Gasteiger partial charge < -0.3 is 4.90 Å². The zero-order valence-corrected chi connectivity index (χ0v) is 11.8. The summed E-state index contributed by atoms with van der Waals surface area (Å²) >= 11 is 0. The van der Waals surface area contributed by atoms with Gasteiger partial charge in [-0.2, -0.15) is 0 Å². The summed E-state index contributed by atoms with van der Waals surface area (Å²) in [6.07, 6.45) is 2.80. The lowest BCUT2D eigenvalue weighted by atomic mass is 9.74. The predicted molar refractivity (Wildman–Crippen MR) is 70.4 cm³/mol. The zero-order chi connectivity index (χ0) is 11.9. The summed E-state index contributed by atoms with van der Waals surface area (Å²) < 4.78 is 0. The Balaban J connectivity index is 1.99. The van der Waals surface area contributed by atoms with E-state index in [2.05, 4.69) is 39.5 Å². The molecule has 1 aliphatic heterocycles. The summed E-state index contributed by atoms with van der Waals surface area (Å²) in [5.74, 6) is 3.89. The van der Waals surface area contributed by atoms with Gasteiger partial charge in [-0.25, -0.2) is 0 Å². The van der Waals surface area contributed by atoms with Crippen molar-refractivity contribution < 1.29 is 0 Å². The van der Waals surface area contributed by atoms with Crippen LogP contribution >= 0.6 is 0 Å². The minimum absolute atomic E-state index is 0.513. The van der Waals surface area contributed by atoms with E-state index < -0.39 is 0 Å². The highest BCUT2D eigenvalue weighted by molar-refractivity contribution is 4.99. The molecule has 1 aliphatic carbocycles. The van der Waals surface area contributed by atoms with E-state index in [0.717, 1.165) is 23.7 Å². The van der Waals surface area contributed by atoms with Crippen molar-refractivity contribution in [1.29, 1.82) is 0 Å². The van der Waals surface area contributed by atoms with Gasteiger partial charge in [-0.3, -0.25) is 0 Å². The van der Waals surface area contributed by atoms with Crippen LogP contribution in [-0.2, 0) is 0 Å². The maximum absolute atomic E-state index is 2.70. The molecular formula is C15H29N. The van der Waals surface area contributed by atoms with Crippen molar-refractivity contribution in [3.63, 3.8) is 0 Å². The average Bonchev–Trinajstić information content (AvgIpc) is 2.66. The summed E-state index contributed by atoms with van der Waals surface area (Å²) in [4.78, 5) is 2.70. The first-order valence-corrected chi connectivity index (χ1v) is 7.15. The Kier molecular flexibility index (Phi) is 3.36. The van der Waals surface area contributed by atoms with Gasteiger partial charge in [0.05, 0.1) is 0 Å². The molecule has 0 aromatic heterocycles. The largest absolute Gasteiger partial charge is 0.303 e. The summed E-state index contributed by atoms with van der Waals surface area (Å²) in [7, 11) is 0. The molecule has 0 spiro atoms. The molecule has 0 radical (unpaired) electrons. The topological polar surface area (TPSA) is 3.24 Å². The van der Waals surface area contributed by atoms with Crippen LogP contribution in [0.3, 0.4) is 0 Å². The second-order valence-electron chi connectivity index (χ2n) is 7.25. The lowest BCUT2D eigenvalue weighted by Crippen LogP contribution is -2.29. The standard InChI is InChI=1S/C15H29N/c1-6-7-16-9-12-8-14(15(3,4)5)11(2)13(12)10-16/h11-14H,6-10H2,1-5H3. The molecule has 0 N–H and O–H groups in total. The second-order valence-corrected chi connectivity index (χ2v) is 7.25. The van der Waals surface area contributed by atoms with E-state index in [-0.39, 0.29) is 0 Å². The quantitative estimate of drug-likeness (QED) is 0.691. The van der Waals surface area contributed by atoms with E-state index in [0.29, 0.717) is 5.41 Å². The number of nitrogens with zero attached hydrogens (tertiary/aromatic N) is 1. The summed E-state index contributed by atoms with van der Waals surface area (Å²) in [6, 6.07) is 0. The first kappa shape index (κ1) is 12.4. The van der Waals surface area contributed by atoms with Crippen molar-refractivity contribution in [2.75, 3.05) is 19.6 Å². The normalized spacial score (nSPS) is 40.3. The fraction of sp³-hybridized carbons (Fsp3) is 1.00. The highest BCUT2D eigenvalue weighted by atomic mass is 15.2. The van der Waals surface area contributed by atoms with Crippen molar-refractivity contribution in [1.82, 2.24) is 4.90 Å². The smallest absolute Gasteiger partial charge is 0.00156 e. The molecule has 94 valence electrons. The van der Waals surface area contributed by atoms with Gasteiger partial charge >= 0.3 is 0 Å². The second kappa shape index (κ2) is 4.33. The molecule has 4 atom stereocenters. The Bertz CT molecular complexity index is 240. The first-order chi connectivity index (χ1) is 7.43. The molecule has 4 unspecified atom stereocenters. The molecule has 2 aliphatic rings. The third kappa shape index (κ3) is 2.16. The monoisotopic (exact) mass is 223 g/mol. The number of hydrogen-bond donors (Lipinski definition) is 0. The fourth-order valence-corrected chi connectivity index (χ4v) is 4.31. The third-order valence-electron chi connectivity index (χ3n) is 5.09. The molecule has 0 aromatic carbocycles. The van der Waals surface area contributed by atoms with E-state index in [1.54, 1.807) is 0 Å². The Morgan fingerprint density at radius 2 is 1.88 bits per heavy atom. The van der Waals surface area contributed by atoms with Crippen molar-refractivity contribution in [3.8, 4) is 0 Å². The van der Waals surface area contributed by atoms with Crippen LogP contribution in [-0.4, -0.2) is 24.5 Å². The van der Waals surface area contributed by atoms with Crippen LogP contribution in [0.4, 0.5) is 0 Å². The number of rotatable bonds is 2. The lowest BCUT2D eigenvalue weighted by molar-refractivity contribution is 0.160. The summed E-state index contributed by atoms with van der Waals surface area (Å²) in [5.41, 5.74) is 0.513. The maximum atomic E-state index is 2.70. The van der Waals surface area contributed by atoms with E-state index in [1.807, 2.05) is 0 Å². The molecule has 16 heavy (non-hydrogen) atoms. The molecule has 2 fully saturated rings. The van der Waals surface area contributed by atoms with Crippen LogP contribution in [0.15, 0.2) is 0 Å². The maximum Gasteiger partial charge on any atom is 0.00156 e. The molecule has 1 nitrogen and oxygen atoms in total. The zero-order valence-electron chi connectivity index (χ0n) is 11.8. The highest BCUT2D eigenvalue weighted by Gasteiger charge is 2.48. The van der Waals surface area contributed by atoms with Crippen LogP contribution < -0.4 is 0 Å². The van der Waals surface area contributed by atoms with Crippen LogP contribution in [0, 0.1) is 29.1 Å². The minimum atomic E-state index is 0.513. The van der Waals surface area contributed by atoms with E-state index in [4.69, 9.17) is 0 Å². The Hall–Kier alpha value is -0.0400. The van der Waals surface area contributed by atoms with Crippen LogP contribution in [0.2, 0.25) is 0 Å². The SMILES string of the molecule is CCCN1CC2CC(C(C)(C)C)C(C)C2C1. The Labute approximate surface area is 102 Å². The van der Waals surface area contributed by atoms with Gasteiger partial charge in [0.1, 0.15) is 0 Å². The lowest BCUT2D eigenvalue weighted by Gasteiger charge is -2.33. The minimum Gasteiger partial charge on any atom is -0.303 e. The van der Waals surface area contributed by atoms with E-state index in [9.17, 15) is 0 Å². The van der Waals surface area contributed by atoms with E-state index >= 15 is 0 Å². The number of likely N-dealkylation sites (tertiary alicyclic amines) is 1. The summed E-state index contributed by atoms with van der Waals surface area (Å²) in [6.45, 7) is 16.2. The van der Waals surface area contributed by atoms with Crippen molar-refractivity contribution >= 4 is 0 Å². The fourth-order valence-electron chi connectivity index (χ4n) is 4.31. The number of hydrogen-bond acceptors (Lipinski definition) is 1. The molecule has 1 saturated carbocycles. The van der Waals surface area contributed by atoms with Crippen LogP contribution in [0.1, 0.15) is 47.5 Å². The molecular weight excluding hydrogens is 194 g/mol. The molecule has 0 bridgehead atoms. The van der Waals surface area contributed by atoms with E-state index in [1.165, 1.54) is 32.5 Å². The van der Waals surface area contributed by atoms with Gasteiger partial charge in [0.25, 0.3) is 0 Å². The predicted octanol–water partition coefficient (Wildman–Crippen LogP) is 3.65. The molecule has 0 amide bonds. The molecule has 0 aromatic rings. The average molecular weight is 223 g/mol.